The summed E-state index contributed by atoms with van der Waals surface area (Å²) in [4.78, 5) is 11.8. The van der Waals surface area contributed by atoms with E-state index in [4.69, 9.17) is 11.6 Å². The van der Waals surface area contributed by atoms with Gasteiger partial charge in [-0.2, -0.15) is 0 Å². The van der Waals surface area contributed by atoms with Crippen LogP contribution in [0.1, 0.15) is 23.8 Å². The van der Waals surface area contributed by atoms with Crippen molar-refractivity contribution in [2.75, 3.05) is 6.54 Å². The Labute approximate surface area is 133 Å². The Morgan fingerprint density at radius 2 is 2.18 bits per heavy atom. The van der Waals surface area contributed by atoms with E-state index in [1.165, 1.54) is 12.1 Å². The zero-order valence-corrected chi connectivity index (χ0v) is 13.0. The molecule has 1 aromatic heterocycles. The van der Waals surface area contributed by atoms with Gasteiger partial charge in [-0.3, -0.25) is 4.79 Å². The fourth-order valence-corrected chi connectivity index (χ4v) is 2.47. The first-order valence-electron chi connectivity index (χ1n) is 6.98. The minimum atomic E-state index is -0.655. The van der Waals surface area contributed by atoms with E-state index in [9.17, 15) is 14.3 Å². The monoisotopic (exact) mass is 324 g/mol. The zero-order valence-electron chi connectivity index (χ0n) is 12.2. The topological polar surface area (TPSA) is 54.3 Å². The van der Waals surface area contributed by atoms with Gasteiger partial charge < -0.3 is 15.0 Å². The van der Waals surface area contributed by atoms with Crippen LogP contribution >= 0.6 is 11.6 Å². The molecule has 0 aliphatic rings. The van der Waals surface area contributed by atoms with Crippen LogP contribution in [0.3, 0.4) is 0 Å². The fraction of sp³-hybridized carbons (Fsp3) is 0.312. The summed E-state index contributed by atoms with van der Waals surface area (Å²) in [5.74, 6) is -0.822. The number of nitrogens with zero attached hydrogens (tertiary/aromatic N) is 1. The number of halogens is 2. The van der Waals surface area contributed by atoms with Crippen LogP contribution in [0.4, 0.5) is 4.39 Å². The van der Waals surface area contributed by atoms with E-state index < -0.39 is 11.9 Å². The SMILES string of the molecule is Cn1cccc1[C@@H](O)CCNC(=O)Cc1c(F)cccc1Cl. The Balaban J connectivity index is 1.82. The molecule has 6 heteroatoms. The molecule has 1 amide bonds. The van der Waals surface area contributed by atoms with Crippen molar-refractivity contribution in [1.82, 2.24) is 9.88 Å². The molecule has 118 valence electrons. The highest BCUT2D eigenvalue weighted by Gasteiger charge is 2.13. The van der Waals surface area contributed by atoms with Crippen LogP contribution in [0.25, 0.3) is 0 Å². The van der Waals surface area contributed by atoms with Crippen molar-refractivity contribution < 1.29 is 14.3 Å². The normalized spacial score (nSPS) is 12.2. The number of carbonyl (C=O) groups is 1. The number of hydrogen-bond donors (Lipinski definition) is 2. The number of nitrogens with one attached hydrogen (secondary N) is 1. The molecular formula is C16H18ClFN2O2. The highest BCUT2D eigenvalue weighted by atomic mass is 35.5. The predicted octanol–water partition coefficient (Wildman–Crippen LogP) is 2.60. The number of benzene rings is 1. The molecule has 0 aliphatic carbocycles. The van der Waals surface area contributed by atoms with E-state index in [1.54, 1.807) is 6.07 Å². The summed E-state index contributed by atoms with van der Waals surface area (Å²) < 4.78 is 15.4. The second-order valence-corrected chi connectivity index (χ2v) is 5.48. The van der Waals surface area contributed by atoms with Crippen LogP contribution in [0.5, 0.6) is 0 Å². The molecule has 0 saturated heterocycles. The summed E-state index contributed by atoms with van der Waals surface area (Å²) in [6, 6.07) is 7.98. The van der Waals surface area contributed by atoms with Gasteiger partial charge in [0.1, 0.15) is 5.82 Å². The van der Waals surface area contributed by atoms with E-state index in [0.717, 1.165) is 5.69 Å². The minimum Gasteiger partial charge on any atom is -0.387 e. The Kier molecular flexibility index (Phi) is 5.57. The highest BCUT2D eigenvalue weighted by molar-refractivity contribution is 6.31. The molecule has 0 aliphatic heterocycles. The van der Waals surface area contributed by atoms with Crippen molar-refractivity contribution in [2.24, 2.45) is 7.05 Å². The maximum atomic E-state index is 13.6. The third-order valence-corrected chi connectivity index (χ3v) is 3.82. The largest absolute Gasteiger partial charge is 0.387 e. The summed E-state index contributed by atoms with van der Waals surface area (Å²) in [6.07, 6.45) is 1.45. The molecule has 1 atom stereocenters. The van der Waals surface area contributed by atoms with E-state index in [1.807, 2.05) is 29.9 Å². The molecule has 0 unspecified atom stereocenters. The summed E-state index contributed by atoms with van der Waals surface area (Å²) in [7, 11) is 1.84. The quantitative estimate of drug-likeness (QED) is 0.858. The van der Waals surface area contributed by atoms with E-state index in [0.29, 0.717) is 13.0 Å². The Hall–Kier alpha value is -1.85. The maximum Gasteiger partial charge on any atom is 0.224 e. The van der Waals surface area contributed by atoms with Crippen molar-refractivity contribution in [3.05, 3.63) is 58.6 Å². The van der Waals surface area contributed by atoms with Gasteiger partial charge in [-0.1, -0.05) is 17.7 Å². The van der Waals surface area contributed by atoms with Crippen molar-refractivity contribution in [3.63, 3.8) is 0 Å². The van der Waals surface area contributed by atoms with Gasteiger partial charge in [-0.25, -0.2) is 4.39 Å². The average molecular weight is 325 g/mol. The van der Waals surface area contributed by atoms with Crippen LogP contribution in [0.15, 0.2) is 36.5 Å². The first kappa shape index (κ1) is 16.5. The van der Waals surface area contributed by atoms with Crippen LogP contribution in [0, 0.1) is 5.82 Å². The Morgan fingerprint density at radius 3 is 2.82 bits per heavy atom. The van der Waals surface area contributed by atoms with Gasteiger partial charge in [0.15, 0.2) is 0 Å². The molecule has 4 nitrogen and oxygen atoms in total. The molecule has 0 fully saturated rings. The van der Waals surface area contributed by atoms with Gasteiger partial charge in [0, 0.05) is 36.1 Å². The first-order chi connectivity index (χ1) is 10.5. The summed E-state index contributed by atoms with van der Waals surface area (Å²) in [6.45, 7) is 0.303. The summed E-state index contributed by atoms with van der Waals surface area (Å²) >= 11 is 5.88. The van der Waals surface area contributed by atoms with E-state index in [-0.39, 0.29) is 22.9 Å². The number of aliphatic hydroxyl groups excluding tert-OH is 1. The van der Waals surface area contributed by atoms with Crippen molar-refractivity contribution in [1.29, 1.82) is 0 Å². The third-order valence-electron chi connectivity index (χ3n) is 3.46. The second-order valence-electron chi connectivity index (χ2n) is 5.08. The second kappa shape index (κ2) is 7.42. The zero-order chi connectivity index (χ0) is 16.1. The summed E-state index contributed by atoms with van der Waals surface area (Å²) in [5.41, 5.74) is 0.969. The predicted molar refractivity (Wildman–Crippen MR) is 83.1 cm³/mol. The fourth-order valence-electron chi connectivity index (χ4n) is 2.24. The van der Waals surface area contributed by atoms with Crippen molar-refractivity contribution in [2.45, 2.75) is 18.9 Å². The van der Waals surface area contributed by atoms with Gasteiger partial charge in [-0.15, -0.1) is 0 Å². The van der Waals surface area contributed by atoms with Gasteiger partial charge in [-0.05, 0) is 30.7 Å². The lowest BCUT2D eigenvalue weighted by atomic mass is 10.1. The number of hydrogen-bond acceptors (Lipinski definition) is 2. The molecule has 0 bridgehead atoms. The van der Waals surface area contributed by atoms with Crippen molar-refractivity contribution >= 4 is 17.5 Å². The first-order valence-corrected chi connectivity index (χ1v) is 7.35. The van der Waals surface area contributed by atoms with E-state index in [2.05, 4.69) is 5.32 Å². The number of aliphatic hydroxyl groups is 1. The van der Waals surface area contributed by atoms with Gasteiger partial charge >= 0.3 is 0 Å². The van der Waals surface area contributed by atoms with E-state index >= 15 is 0 Å². The molecule has 22 heavy (non-hydrogen) atoms. The van der Waals surface area contributed by atoms with Gasteiger partial charge in [0.2, 0.25) is 5.91 Å². The Morgan fingerprint density at radius 1 is 1.41 bits per heavy atom. The number of carbonyl (C=O) groups excluding carboxylic acids is 1. The third kappa shape index (κ3) is 4.08. The van der Waals surface area contributed by atoms with Crippen LogP contribution < -0.4 is 5.32 Å². The number of amides is 1. The lowest BCUT2D eigenvalue weighted by molar-refractivity contribution is -0.120. The lowest BCUT2D eigenvalue weighted by Crippen LogP contribution is -2.27. The van der Waals surface area contributed by atoms with Crippen LogP contribution in [-0.2, 0) is 18.3 Å². The molecule has 0 saturated carbocycles. The van der Waals surface area contributed by atoms with Crippen molar-refractivity contribution in [3.8, 4) is 0 Å². The van der Waals surface area contributed by atoms with Crippen LogP contribution in [-0.4, -0.2) is 22.1 Å². The minimum absolute atomic E-state index is 0.119. The molecule has 2 rings (SSSR count). The maximum absolute atomic E-state index is 13.6. The number of aromatic nitrogens is 1. The molecule has 2 N–H and O–H groups in total. The molecule has 2 aromatic rings. The van der Waals surface area contributed by atoms with Gasteiger partial charge in [0.25, 0.3) is 0 Å². The van der Waals surface area contributed by atoms with Crippen LogP contribution in [0.2, 0.25) is 5.02 Å². The average Bonchev–Trinajstić information content (AvgIpc) is 2.89. The van der Waals surface area contributed by atoms with Gasteiger partial charge in [0.05, 0.1) is 12.5 Å². The molecule has 0 radical (unpaired) electrons. The molecule has 1 aromatic carbocycles. The molecule has 0 spiro atoms. The number of rotatable bonds is 6. The Bertz CT molecular complexity index is 637. The summed E-state index contributed by atoms with van der Waals surface area (Å²) in [5, 5.41) is 12.9. The number of aryl methyl sites for hydroxylation is 1. The standard InChI is InChI=1S/C16H18ClFN2O2/c1-20-9-3-6-14(20)15(21)7-8-19-16(22)10-11-12(17)4-2-5-13(11)18/h2-6,9,15,21H,7-8,10H2,1H3,(H,19,22)/t15-/m0/s1. The highest BCUT2D eigenvalue weighted by Crippen LogP contribution is 2.19. The lowest BCUT2D eigenvalue weighted by Gasteiger charge is -2.13. The smallest absolute Gasteiger partial charge is 0.224 e. The molecular weight excluding hydrogens is 307 g/mol. The molecule has 1 heterocycles.